The van der Waals surface area contributed by atoms with Crippen LogP contribution in [0, 0.1) is 0 Å². The minimum atomic E-state index is -0.325. The van der Waals surface area contributed by atoms with Gasteiger partial charge >= 0.3 is 0 Å². The Hall–Kier alpha value is -4.05. The van der Waals surface area contributed by atoms with E-state index in [9.17, 15) is 14.4 Å². The van der Waals surface area contributed by atoms with Crippen LogP contribution in [0.4, 0.5) is 5.69 Å². The third kappa shape index (κ3) is 2.65. The molecule has 0 fully saturated rings. The molecule has 0 spiro atoms. The molecule has 4 aromatic carbocycles. The average molecular weight is 377 g/mol. The molecular weight excluding hydrogens is 362 g/mol. The minimum Gasteiger partial charge on any atom is -0.321 e. The lowest BCUT2D eigenvalue weighted by Gasteiger charge is -2.20. The van der Waals surface area contributed by atoms with Gasteiger partial charge in [0.2, 0.25) is 0 Å². The lowest BCUT2D eigenvalue weighted by atomic mass is 9.83. The second kappa shape index (κ2) is 6.53. The normalized spacial score (nSPS) is 12.4. The van der Waals surface area contributed by atoms with Crippen LogP contribution in [0.1, 0.15) is 42.2 Å². The van der Waals surface area contributed by atoms with E-state index < -0.39 is 0 Å². The van der Waals surface area contributed by atoms with Gasteiger partial charge in [-0.05, 0) is 22.9 Å². The van der Waals surface area contributed by atoms with E-state index in [1.165, 1.54) is 0 Å². The fraction of sp³-hybridized carbons (Fsp3) is 0. The molecule has 0 heterocycles. The Morgan fingerprint density at radius 1 is 0.621 bits per heavy atom. The number of hydrogen-bond acceptors (Lipinski definition) is 3. The first-order valence-electron chi connectivity index (χ1n) is 9.26. The molecule has 5 rings (SSSR count). The number of rotatable bonds is 2. The number of hydrogen-bond donors (Lipinski definition) is 1. The van der Waals surface area contributed by atoms with Gasteiger partial charge in [0, 0.05) is 22.3 Å². The highest BCUT2D eigenvalue weighted by Crippen LogP contribution is 2.32. The fourth-order valence-corrected chi connectivity index (χ4v) is 3.86. The maximum Gasteiger partial charge on any atom is 0.256 e. The van der Waals surface area contributed by atoms with Crippen molar-refractivity contribution in [2.75, 3.05) is 5.32 Å². The van der Waals surface area contributed by atoms with Gasteiger partial charge in [0.1, 0.15) is 0 Å². The second-order valence-electron chi connectivity index (χ2n) is 6.91. The number of nitrogens with one attached hydrogen (secondary N) is 1. The summed E-state index contributed by atoms with van der Waals surface area (Å²) in [6.45, 7) is 0. The Labute approximate surface area is 166 Å². The third-order valence-electron chi connectivity index (χ3n) is 5.23. The van der Waals surface area contributed by atoms with Crippen molar-refractivity contribution in [1.29, 1.82) is 0 Å². The van der Waals surface area contributed by atoms with Crippen molar-refractivity contribution in [2.45, 2.75) is 0 Å². The van der Waals surface area contributed by atoms with E-state index in [2.05, 4.69) is 5.32 Å². The van der Waals surface area contributed by atoms with E-state index in [0.717, 1.165) is 10.8 Å². The lowest BCUT2D eigenvalue weighted by molar-refractivity contribution is 0.0978. The average Bonchev–Trinajstić information content (AvgIpc) is 2.77. The lowest BCUT2D eigenvalue weighted by Crippen LogP contribution is -2.24. The van der Waals surface area contributed by atoms with Crippen LogP contribution >= 0.6 is 0 Å². The van der Waals surface area contributed by atoms with E-state index in [-0.39, 0.29) is 23.0 Å². The summed E-state index contributed by atoms with van der Waals surface area (Å²) in [6.07, 6.45) is 0. The van der Waals surface area contributed by atoms with Crippen LogP contribution in [0.15, 0.2) is 84.9 Å². The van der Waals surface area contributed by atoms with Crippen LogP contribution in [0.2, 0.25) is 0 Å². The van der Waals surface area contributed by atoms with E-state index in [1.54, 1.807) is 48.5 Å². The smallest absolute Gasteiger partial charge is 0.256 e. The maximum absolute atomic E-state index is 13.1. The van der Waals surface area contributed by atoms with Gasteiger partial charge in [-0.15, -0.1) is 0 Å². The number of ketones is 2. The van der Waals surface area contributed by atoms with Gasteiger partial charge < -0.3 is 5.32 Å². The summed E-state index contributed by atoms with van der Waals surface area (Å²) in [7, 11) is 0. The molecule has 0 unspecified atom stereocenters. The molecule has 0 saturated carbocycles. The molecule has 138 valence electrons. The molecule has 0 bridgehead atoms. The molecule has 0 radical (unpaired) electrons. The predicted molar refractivity (Wildman–Crippen MR) is 112 cm³/mol. The molecule has 1 aliphatic rings. The molecule has 1 N–H and O–H groups in total. The summed E-state index contributed by atoms with van der Waals surface area (Å²) in [5, 5.41) is 4.63. The highest BCUT2D eigenvalue weighted by atomic mass is 16.2. The number of benzene rings is 4. The van der Waals surface area contributed by atoms with Crippen LogP contribution in [0.25, 0.3) is 10.8 Å². The van der Waals surface area contributed by atoms with Crippen molar-refractivity contribution in [3.63, 3.8) is 0 Å². The highest BCUT2D eigenvalue weighted by molar-refractivity contribution is 6.31. The fourth-order valence-electron chi connectivity index (χ4n) is 3.86. The third-order valence-corrected chi connectivity index (χ3v) is 5.23. The molecule has 1 aliphatic carbocycles. The number of carbonyl (C=O) groups excluding carboxylic acids is 3. The van der Waals surface area contributed by atoms with Gasteiger partial charge in [0.15, 0.2) is 11.6 Å². The van der Waals surface area contributed by atoms with E-state index in [0.29, 0.717) is 27.9 Å². The van der Waals surface area contributed by atoms with Gasteiger partial charge in [-0.2, -0.15) is 0 Å². The summed E-state index contributed by atoms with van der Waals surface area (Å²) >= 11 is 0. The van der Waals surface area contributed by atoms with E-state index in [4.69, 9.17) is 0 Å². The van der Waals surface area contributed by atoms with Gasteiger partial charge in [0.25, 0.3) is 5.91 Å². The van der Waals surface area contributed by atoms with Crippen molar-refractivity contribution in [3.05, 3.63) is 113 Å². The Morgan fingerprint density at radius 3 is 2.07 bits per heavy atom. The molecule has 0 aromatic heterocycles. The Morgan fingerprint density at radius 2 is 1.24 bits per heavy atom. The van der Waals surface area contributed by atoms with Gasteiger partial charge in [-0.25, -0.2) is 0 Å². The predicted octanol–water partition coefficient (Wildman–Crippen LogP) is 4.87. The Bertz CT molecular complexity index is 1330. The van der Waals surface area contributed by atoms with E-state index in [1.807, 2.05) is 36.4 Å². The zero-order chi connectivity index (χ0) is 20.0. The number of anilines is 1. The summed E-state index contributed by atoms with van der Waals surface area (Å²) in [4.78, 5) is 39.0. The number of amides is 1. The first-order chi connectivity index (χ1) is 14.1. The van der Waals surface area contributed by atoms with Crippen molar-refractivity contribution in [3.8, 4) is 0 Å². The monoisotopic (exact) mass is 377 g/mol. The second-order valence-corrected chi connectivity index (χ2v) is 6.91. The summed E-state index contributed by atoms with van der Waals surface area (Å²) in [5.74, 6) is -0.796. The van der Waals surface area contributed by atoms with Gasteiger partial charge in [0.05, 0.1) is 11.3 Å². The number of fused-ring (bicyclic) bond motifs is 3. The molecule has 4 nitrogen and oxygen atoms in total. The van der Waals surface area contributed by atoms with Crippen molar-refractivity contribution >= 4 is 33.9 Å². The quantitative estimate of drug-likeness (QED) is 0.477. The van der Waals surface area contributed by atoms with Gasteiger partial charge in [-0.1, -0.05) is 72.8 Å². The molecule has 29 heavy (non-hydrogen) atoms. The topological polar surface area (TPSA) is 63.2 Å². The SMILES string of the molecule is O=C1c2ccccc2C(=O)c2c(NC(=O)c3cccc4ccccc34)cccc21. The molecule has 0 saturated heterocycles. The first kappa shape index (κ1) is 17.1. The van der Waals surface area contributed by atoms with Gasteiger partial charge in [-0.3, -0.25) is 14.4 Å². The van der Waals surface area contributed by atoms with Crippen molar-refractivity contribution in [1.82, 2.24) is 0 Å². The standard InChI is InChI=1S/C25H15NO3/c27-23-17-10-3-4-11-18(17)24(28)22-20(23)13-6-14-21(22)26-25(29)19-12-5-8-15-7-1-2-9-16(15)19/h1-14H,(H,26,29). The Balaban J connectivity index is 1.59. The van der Waals surface area contributed by atoms with Crippen LogP contribution in [-0.2, 0) is 0 Å². The largest absolute Gasteiger partial charge is 0.321 e. The van der Waals surface area contributed by atoms with Crippen LogP contribution in [0.5, 0.6) is 0 Å². The molecule has 1 amide bonds. The zero-order valence-corrected chi connectivity index (χ0v) is 15.3. The Kier molecular flexibility index (Phi) is 3.85. The molecule has 0 aliphatic heterocycles. The van der Waals surface area contributed by atoms with Crippen LogP contribution in [0.3, 0.4) is 0 Å². The highest BCUT2D eigenvalue weighted by Gasteiger charge is 2.31. The molecule has 0 atom stereocenters. The van der Waals surface area contributed by atoms with Crippen LogP contribution in [-0.4, -0.2) is 17.5 Å². The minimum absolute atomic E-state index is 0.212. The van der Waals surface area contributed by atoms with Crippen LogP contribution < -0.4 is 5.32 Å². The summed E-state index contributed by atoms with van der Waals surface area (Å²) in [6, 6.07) is 24.8. The van der Waals surface area contributed by atoms with Crippen molar-refractivity contribution in [2.24, 2.45) is 0 Å². The molecule has 4 aromatic rings. The summed E-state index contributed by atoms with van der Waals surface area (Å²) < 4.78 is 0. The van der Waals surface area contributed by atoms with E-state index >= 15 is 0 Å². The maximum atomic E-state index is 13.1. The first-order valence-corrected chi connectivity index (χ1v) is 9.26. The summed E-state index contributed by atoms with van der Waals surface area (Å²) in [5.41, 5.74) is 2.15. The van der Waals surface area contributed by atoms with Crippen molar-refractivity contribution < 1.29 is 14.4 Å². The molecule has 4 heteroatoms. The zero-order valence-electron chi connectivity index (χ0n) is 15.3. The molecular formula is C25H15NO3. The number of carbonyl (C=O) groups is 3.